The Balaban J connectivity index is 1.65. The highest BCUT2D eigenvalue weighted by Gasteiger charge is 2.17. The molecule has 4 aromatic rings. The summed E-state index contributed by atoms with van der Waals surface area (Å²) >= 11 is 1.20. The molecular weight excluding hydrogens is 462 g/mol. The van der Waals surface area contributed by atoms with Gasteiger partial charge >= 0.3 is 0 Å². The second-order valence-corrected chi connectivity index (χ2v) is 9.15. The molecule has 0 radical (unpaired) electrons. The smallest absolute Gasteiger partial charge is 0.266 e. The molecule has 0 fully saturated rings. The van der Waals surface area contributed by atoms with Gasteiger partial charge in [-0.25, -0.2) is 4.98 Å². The minimum atomic E-state index is -0.227. The second kappa shape index (κ2) is 10.7. The molecule has 8 heteroatoms. The average molecular weight is 490 g/mol. The molecule has 180 valence electrons. The van der Waals surface area contributed by atoms with Gasteiger partial charge in [0, 0.05) is 11.8 Å². The quantitative estimate of drug-likeness (QED) is 0.269. The molecule has 0 unspecified atom stereocenters. The zero-order valence-corrected chi connectivity index (χ0v) is 20.9. The van der Waals surface area contributed by atoms with Crippen LogP contribution in [0.2, 0.25) is 0 Å². The van der Waals surface area contributed by atoms with Crippen LogP contribution >= 0.6 is 11.8 Å². The number of nitrogens with zero attached hydrogens (tertiary/aromatic N) is 2. The van der Waals surface area contributed by atoms with Crippen molar-refractivity contribution in [1.29, 1.82) is 0 Å². The lowest BCUT2D eigenvalue weighted by Gasteiger charge is -2.15. The number of aromatic nitrogens is 2. The highest BCUT2D eigenvalue weighted by molar-refractivity contribution is 7.99. The summed E-state index contributed by atoms with van der Waals surface area (Å²) in [5.74, 6) is 1.36. The van der Waals surface area contributed by atoms with E-state index in [1.54, 1.807) is 43.5 Å². The van der Waals surface area contributed by atoms with Crippen molar-refractivity contribution in [1.82, 2.24) is 9.55 Å². The third kappa shape index (κ3) is 5.33. The maximum atomic E-state index is 13.5. The molecule has 4 rings (SSSR count). The van der Waals surface area contributed by atoms with E-state index in [1.807, 2.05) is 30.3 Å². The topological polar surface area (TPSA) is 82.5 Å². The summed E-state index contributed by atoms with van der Waals surface area (Å²) in [4.78, 5) is 30.9. The number of ether oxygens (including phenoxy) is 2. The monoisotopic (exact) mass is 489 g/mol. The predicted octanol–water partition coefficient (Wildman–Crippen LogP) is 5.26. The summed E-state index contributed by atoms with van der Waals surface area (Å²) in [6.07, 6.45) is 0. The van der Waals surface area contributed by atoms with Crippen LogP contribution in [0.4, 0.5) is 5.69 Å². The third-order valence-electron chi connectivity index (χ3n) is 5.56. The fourth-order valence-corrected chi connectivity index (χ4v) is 4.49. The molecule has 0 saturated heterocycles. The van der Waals surface area contributed by atoms with Gasteiger partial charge in [-0.3, -0.25) is 14.2 Å². The minimum Gasteiger partial charge on any atom is -0.493 e. The molecular formula is C27H27N3O4S. The van der Waals surface area contributed by atoms with Crippen LogP contribution in [-0.4, -0.2) is 35.4 Å². The summed E-state index contributed by atoms with van der Waals surface area (Å²) in [6.45, 7) is 4.25. The number of fused-ring (bicyclic) bond motifs is 1. The molecule has 7 nitrogen and oxygen atoms in total. The van der Waals surface area contributed by atoms with Crippen molar-refractivity contribution in [2.24, 2.45) is 0 Å². The molecule has 0 atom stereocenters. The molecule has 0 aliphatic carbocycles. The number of anilines is 1. The van der Waals surface area contributed by atoms with Crippen LogP contribution in [0.25, 0.3) is 16.6 Å². The Bertz CT molecular complexity index is 1410. The highest BCUT2D eigenvalue weighted by Crippen LogP contribution is 2.30. The normalized spacial score (nSPS) is 11.0. The van der Waals surface area contributed by atoms with E-state index in [4.69, 9.17) is 14.5 Å². The zero-order valence-electron chi connectivity index (χ0n) is 20.1. The van der Waals surface area contributed by atoms with E-state index >= 15 is 0 Å². The molecule has 0 spiro atoms. The van der Waals surface area contributed by atoms with Gasteiger partial charge in [-0.15, -0.1) is 0 Å². The van der Waals surface area contributed by atoms with Crippen molar-refractivity contribution in [3.63, 3.8) is 0 Å². The van der Waals surface area contributed by atoms with Crippen LogP contribution in [0.3, 0.4) is 0 Å². The number of para-hydroxylation sites is 1. The van der Waals surface area contributed by atoms with E-state index in [9.17, 15) is 9.59 Å². The molecule has 0 aliphatic rings. The Morgan fingerprint density at radius 3 is 2.40 bits per heavy atom. The number of rotatable bonds is 8. The Labute approximate surface area is 208 Å². The molecule has 1 N–H and O–H groups in total. The largest absolute Gasteiger partial charge is 0.493 e. The Morgan fingerprint density at radius 2 is 1.71 bits per heavy atom. The standard InChI is InChI=1S/C27H27N3O4S/c1-17(2)18-9-11-19(12-10-18)28-25(31)16-35-27-29-22-8-6-5-7-21(22)26(32)30(27)20-13-14-23(33-3)24(15-20)34-4/h5-15,17H,16H2,1-4H3,(H,28,31). The first-order valence-corrected chi connectivity index (χ1v) is 12.2. The van der Waals surface area contributed by atoms with Crippen LogP contribution in [0.15, 0.2) is 76.7 Å². The Morgan fingerprint density at radius 1 is 1.00 bits per heavy atom. The van der Waals surface area contributed by atoms with Crippen molar-refractivity contribution < 1.29 is 14.3 Å². The third-order valence-corrected chi connectivity index (χ3v) is 6.50. The van der Waals surface area contributed by atoms with Gasteiger partial charge in [-0.1, -0.05) is 49.9 Å². The average Bonchev–Trinajstić information content (AvgIpc) is 2.87. The van der Waals surface area contributed by atoms with Crippen LogP contribution in [0.1, 0.15) is 25.3 Å². The van der Waals surface area contributed by atoms with Gasteiger partial charge in [-0.05, 0) is 47.9 Å². The fourth-order valence-electron chi connectivity index (χ4n) is 3.68. The molecule has 35 heavy (non-hydrogen) atoms. The van der Waals surface area contributed by atoms with Gasteiger partial charge in [0.05, 0.1) is 36.6 Å². The molecule has 3 aromatic carbocycles. The van der Waals surface area contributed by atoms with Gasteiger partial charge in [0.25, 0.3) is 5.56 Å². The van der Waals surface area contributed by atoms with Crippen LogP contribution < -0.4 is 20.3 Å². The van der Waals surface area contributed by atoms with Crippen molar-refractivity contribution in [2.75, 3.05) is 25.3 Å². The van der Waals surface area contributed by atoms with E-state index < -0.39 is 0 Å². The lowest BCUT2D eigenvalue weighted by Crippen LogP contribution is -2.23. The van der Waals surface area contributed by atoms with Crippen molar-refractivity contribution in [2.45, 2.75) is 24.9 Å². The first kappa shape index (κ1) is 24.3. The van der Waals surface area contributed by atoms with Gasteiger partial charge in [0.1, 0.15) is 0 Å². The molecule has 1 aromatic heterocycles. The molecule has 0 aliphatic heterocycles. The summed E-state index contributed by atoms with van der Waals surface area (Å²) < 4.78 is 12.2. The lowest BCUT2D eigenvalue weighted by molar-refractivity contribution is -0.113. The number of thioether (sulfide) groups is 1. The van der Waals surface area contributed by atoms with Gasteiger partial charge < -0.3 is 14.8 Å². The summed E-state index contributed by atoms with van der Waals surface area (Å²) in [5.41, 5.74) is 2.84. The minimum absolute atomic E-state index is 0.0873. The predicted molar refractivity (Wildman–Crippen MR) is 140 cm³/mol. The number of nitrogens with one attached hydrogen (secondary N) is 1. The Kier molecular flexibility index (Phi) is 7.41. The van der Waals surface area contributed by atoms with Gasteiger partial charge in [0.2, 0.25) is 5.91 Å². The van der Waals surface area contributed by atoms with E-state index in [0.717, 1.165) is 5.69 Å². The summed E-state index contributed by atoms with van der Waals surface area (Å²) in [5, 5.41) is 3.81. The SMILES string of the molecule is COc1ccc(-n2c(SCC(=O)Nc3ccc(C(C)C)cc3)nc3ccccc3c2=O)cc1OC. The van der Waals surface area contributed by atoms with Crippen LogP contribution in [0, 0.1) is 0 Å². The first-order valence-electron chi connectivity index (χ1n) is 11.2. The van der Waals surface area contributed by atoms with Crippen molar-refractivity contribution in [3.8, 4) is 17.2 Å². The van der Waals surface area contributed by atoms with E-state index in [2.05, 4.69) is 19.2 Å². The molecule has 0 saturated carbocycles. The van der Waals surface area contributed by atoms with Gasteiger partial charge in [0.15, 0.2) is 16.7 Å². The van der Waals surface area contributed by atoms with Crippen LogP contribution in [-0.2, 0) is 4.79 Å². The summed E-state index contributed by atoms with van der Waals surface area (Å²) in [7, 11) is 3.09. The number of benzene rings is 3. The summed E-state index contributed by atoms with van der Waals surface area (Å²) in [6, 6.07) is 20.2. The maximum absolute atomic E-state index is 13.5. The molecule has 1 heterocycles. The van der Waals surface area contributed by atoms with Gasteiger partial charge in [-0.2, -0.15) is 0 Å². The second-order valence-electron chi connectivity index (χ2n) is 8.20. The van der Waals surface area contributed by atoms with E-state index in [-0.39, 0.29) is 17.2 Å². The first-order chi connectivity index (χ1) is 16.9. The number of hydrogen-bond donors (Lipinski definition) is 1. The van der Waals surface area contributed by atoms with Crippen molar-refractivity contribution >= 4 is 34.3 Å². The number of hydrogen-bond acceptors (Lipinski definition) is 6. The fraction of sp³-hybridized carbons (Fsp3) is 0.222. The van der Waals surface area contributed by atoms with E-state index in [1.165, 1.54) is 29.0 Å². The number of methoxy groups -OCH3 is 2. The number of amides is 1. The van der Waals surface area contributed by atoms with Crippen LogP contribution in [0.5, 0.6) is 11.5 Å². The molecule has 0 bridgehead atoms. The number of carbonyl (C=O) groups excluding carboxylic acids is 1. The lowest BCUT2D eigenvalue weighted by atomic mass is 10.0. The van der Waals surface area contributed by atoms with Crippen molar-refractivity contribution in [3.05, 3.63) is 82.6 Å². The molecule has 1 amide bonds. The number of carbonyl (C=O) groups is 1. The van der Waals surface area contributed by atoms with E-state index in [0.29, 0.717) is 39.2 Å². The Hall–Kier alpha value is -3.78. The maximum Gasteiger partial charge on any atom is 0.266 e. The zero-order chi connectivity index (χ0) is 24.9. The highest BCUT2D eigenvalue weighted by atomic mass is 32.2.